The molecular weight excluding hydrogens is 239 g/mol. The molecule has 0 aromatic rings. The van der Waals surface area contributed by atoms with Gasteiger partial charge >= 0.3 is 10.2 Å². The Hall–Kier alpha value is -0.120. The van der Waals surface area contributed by atoms with Crippen molar-refractivity contribution in [1.82, 2.24) is 0 Å². The molecule has 1 rings (SSSR count). The van der Waals surface area contributed by atoms with E-state index in [-0.39, 0.29) is 11.3 Å². The molecule has 0 aromatic carbocycles. The SMILES string of the molecule is CC(C)(C)C1CCC(C(C)(C)S(=O)(=O)F)CC1. The predicted octanol–water partition coefficient (Wildman–Crippen LogP) is 3.92. The first-order valence-corrected chi connectivity index (χ1v) is 7.79. The quantitative estimate of drug-likeness (QED) is 0.708. The van der Waals surface area contributed by atoms with Gasteiger partial charge in [0, 0.05) is 0 Å². The molecule has 0 aliphatic heterocycles. The van der Waals surface area contributed by atoms with Crippen LogP contribution in [0.4, 0.5) is 3.89 Å². The van der Waals surface area contributed by atoms with Crippen LogP contribution in [-0.2, 0) is 10.2 Å². The zero-order valence-corrected chi connectivity index (χ0v) is 12.4. The van der Waals surface area contributed by atoms with Crippen LogP contribution >= 0.6 is 0 Å². The zero-order valence-electron chi connectivity index (χ0n) is 11.6. The number of halogens is 1. The van der Waals surface area contributed by atoms with E-state index in [9.17, 15) is 12.3 Å². The lowest BCUT2D eigenvalue weighted by molar-refractivity contribution is 0.136. The van der Waals surface area contributed by atoms with Crippen molar-refractivity contribution < 1.29 is 12.3 Å². The third-order valence-electron chi connectivity index (χ3n) is 4.56. The van der Waals surface area contributed by atoms with Crippen molar-refractivity contribution in [2.75, 3.05) is 0 Å². The summed E-state index contributed by atoms with van der Waals surface area (Å²) in [7, 11) is -4.45. The first-order valence-electron chi connectivity index (χ1n) is 6.40. The van der Waals surface area contributed by atoms with Gasteiger partial charge in [-0.2, -0.15) is 8.42 Å². The largest absolute Gasteiger partial charge is 0.307 e. The first-order chi connectivity index (χ1) is 7.46. The summed E-state index contributed by atoms with van der Waals surface area (Å²) in [5.41, 5.74) is 0.268. The Morgan fingerprint density at radius 2 is 1.24 bits per heavy atom. The van der Waals surface area contributed by atoms with Gasteiger partial charge in [0.15, 0.2) is 0 Å². The van der Waals surface area contributed by atoms with Gasteiger partial charge in [-0.1, -0.05) is 20.8 Å². The van der Waals surface area contributed by atoms with Crippen LogP contribution in [0.3, 0.4) is 0 Å². The van der Waals surface area contributed by atoms with Crippen LogP contribution in [-0.4, -0.2) is 13.2 Å². The molecule has 0 atom stereocenters. The second-order valence-corrected chi connectivity index (χ2v) is 8.88. The highest BCUT2D eigenvalue weighted by Crippen LogP contribution is 2.45. The smallest absolute Gasteiger partial charge is 0.194 e. The molecule has 0 N–H and O–H groups in total. The Kier molecular flexibility index (Phi) is 3.98. The highest BCUT2D eigenvalue weighted by molar-refractivity contribution is 7.87. The highest BCUT2D eigenvalue weighted by Gasteiger charge is 2.44. The lowest BCUT2D eigenvalue weighted by Crippen LogP contribution is -2.41. The van der Waals surface area contributed by atoms with Gasteiger partial charge in [0.2, 0.25) is 0 Å². The van der Waals surface area contributed by atoms with E-state index in [2.05, 4.69) is 20.8 Å². The molecule has 1 saturated carbocycles. The molecule has 0 saturated heterocycles. The van der Waals surface area contributed by atoms with Gasteiger partial charge in [0.25, 0.3) is 0 Å². The van der Waals surface area contributed by atoms with Crippen molar-refractivity contribution in [3.63, 3.8) is 0 Å². The van der Waals surface area contributed by atoms with E-state index >= 15 is 0 Å². The number of hydrogen-bond donors (Lipinski definition) is 0. The van der Waals surface area contributed by atoms with Crippen molar-refractivity contribution in [3.8, 4) is 0 Å². The molecule has 0 radical (unpaired) electrons. The van der Waals surface area contributed by atoms with Crippen LogP contribution in [0.2, 0.25) is 0 Å². The van der Waals surface area contributed by atoms with Gasteiger partial charge in [-0.15, -0.1) is 3.89 Å². The zero-order chi connectivity index (χ0) is 13.5. The summed E-state index contributed by atoms with van der Waals surface area (Å²) in [6.45, 7) is 9.69. The standard InChI is InChI=1S/C13H25FO2S/c1-12(2,3)10-6-8-11(9-7-10)13(4,5)17(14,15)16/h10-11H,6-9H2,1-5H3. The Morgan fingerprint density at radius 1 is 0.882 bits per heavy atom. The third kappa shape index (κ3) is 3.21. The summed E-state index contributed by atoms with van der Waals surface area (Å²) in [5.74, 6) is 0.577. The summed E-state index contributed by atoms with van der Waals surface area (Å²) in [6.07, 6.45) is 3.65. The Morgan fingerprint density at radius 3 is 1.53 bits per heavy atom. The monoisotopic (exact) mass is 264 g/mol. The molecule has 0 aromatic heterocycles. The molecule has 2 nitrogen and oxygen atoms in total. The molecule has 102 valence electrons. The van der Waals surface area contributed by atoms with E-state index in [1.54, 1.807) is 0 Å². The van der Waals surface area contributed by atoms with Crippen molar-refractivity contribution >= 4 is 10.2 Å². The first kappa shape index (κ1) is 14.9. The maximum atomic E-state index is 13.3. The Balaban J connectivity index is 2.71. The molecule has 1 aliphatic rings. The maximum Gasteiger partial charge on any atom is 0.307 e. The highest BCUT2D eigenvalue weighted by atomic mass is 32.3. The van der Waals surface area contributed by atoms with Crippen LogP contribution < -0.4 is 0 Å². The summed E-state index contributed by atoms with van der Waals surface area (Å²) in [5, 5.41) is 0. The van der Waals surface area contributed by atoms with Crippen LogP contribution in [0, 0.1) is 17.3 Å². The molecule has 4 heteroatoms. The van der Waals surface area contributed by atoms with Crippen LogP contribution in [0.5, 0.6) is 0 Å². The average Bonchev–Trinajstić information content (AvgIpc) is 2.15. The minimum atomic E-state index is -4.45. The summed E-state index contributed by atoms with van der Waals surface area (Å²) >= 11 is 0. The summed E-state index contributed by atoms with van der Waals surface area (Å²) in [4.78, 5) is 0. The van der Waals surface area contributed by atoms with Crippen molar-refractivity contribution in [2.24, 2.45) is 17.3 Å². The van der Waals surface area contributed by atoms with Crippen molar-refractivity contribution in [3.05, 3.63) is 0 Å². The molecule has 0 bridgehead atoms. The predicted molar refractivity (Wildman–Crippen MR) is 69.0 cm³/mol. The minimum Gasteiger partial charge on any atom is -0.194 e. The minimum absolute atomic E-state index is 0.0453. The van der Waals surface area contributed by atoms with Crippen molar-refractivity contribution in [2.45, 2.75) is 65.0 Å². The van der Waals surface area contributed by atoms with Gasteiger partial charge in [-0.05, 0) is 56.8 Å². The van der Waals surface area contributed by atoms with E-state index in [1.165, 1.54) is 13.8 Å². The molecule has 0 amide bonds. The summed E-state index contributed by atoms with van der Waals surface area (Å²) in [6, 6.07) is 0. The van der Waals surface area contributed by atoms with E-state index in [0.29, 0.717) is 5.92 Å². The fourth-order valence-electron chi connectivity index (χ4n) is 2.85. The lowest BCUT2D eigenvalue weighted by atomic mass is 9.68. The van der Waals surface area contributed by atoms with E-state index < -0.39 is 15.0 Å². The van der Waals surface area contributed by atoms with Crippen LogP contribution in [0.15, 0.2) is 0 Å². The molecule has 0 spiro atoms. The fraction of sp³-hybridized carbons (Fsp3) is 1.00. The van der Waals surface area contributed by atoms with Gasteiger partial charge in [-0.3, -0.25) is 0 Å². The van der Waals surface area contributed by atoms with Crippen molar-refractivity contribution in [1.29, 1.82) is 0 Å². The topological polar surface area (TPSA) is 34.1 Å². The second-order valence-electron chi connectivity index (χ2n) is 6.96. The van der Waals surface area contributed by atoms with E-state index in [4.69, 9.17) is 0 Å². The van der Waals surface area contributed by atoms with Gasteiger partial charge in [0.1, 0.15) is 0 Å². The normalized spacial score (nSPS) is 28.1. The molecule has 0 unspecified atom stereocenters. The van der Waals surface area contributed by atoms with Crippen LogP contribution in [0.1, 0.15) is 60.3 Å². The Labute approximate surface area is 105 Å². The molecule has 17 heavy (non-hydrogen) atoms. The van der Waals surface area contributed by atoms with Gasteiger partial charge < -0.3 is 0 Å². The van der Waals surface area contributed by atoms with Gasteiger partial charge in [-0.25, -0.2) is 0 Å². The second kappa shape index (κ2) is 4.52. The Bertz CT molecular complexity index is 357. The molecular formula is C13H25FO2S. The lowest BCUT2D eigenvalue weighted by Gasteiger charge is -2.41. The van der Waals surface area contributed by atoms with Gasteiger partial charge in [0.05, 0.1) is 4.75 Å². The third-order valence-corrected chi connectivity index (χ3v) is 6.15. The van der Waals surface area contributed by atoms with Crippen LogP contribution in [0.25, 0.3) is 0 Å². The molecule has 1 aliphatic carbocycles. The maximum absolute atomic E-state index is 13.3. The number of hydrogen-bond acceptors (Lipinski definition) is 2. The number of rotatable bonds is 2. The molecule has 0 heterocycles. The molecule has 1 fully saturated rings. The average molecular weight is 264 g/mol. The fourth-order valence-corrected chi connectivity index (χ4v) is 3.49. The van der Waals surface area contributed by atoms with E-state index in [0.717, 1.165) is 25.7 Å². The van der Waals surface area contributed by atoms with E-state index in [1.807, 2.05) is 0 Å². The summed E-state index contributed by atoms with van der Waals surface area (Å²) < 4.78 is 34.4.